The smallest absolute Gasteiger partial charge is 0.229 e. The molecule has 6 nitrogen and oxygen atoms in total. The standard InChI is InChI=1S/C18H22ClN3O3.ClH/c1-11-14(18(19)25-21-11)7-8-17(23)22-9-15(16(20)10-22)12-3-5-13(24-2)6-4-12;/h3-6,15-16H,7-10,20H2,1-2H3;1H/t15-,16+;/m0./s1. The first-order chi connectivity index (χ1) is 12.0. The van der Waals surface area contributed by atoms with Crippen molar-refractivity contribution in [3.05, 3.63) is 46.3 Å². The molecule has 0 bridgehead atoms. The van der Waals surface area contributed by atoms with E-state index in [4.69, 9.17) is 26.6 Å². The molecule has 1 aliphatic heterocycles. The van der Waals surface area contributed by atoms with E-state index in [1.807, 2.05) is 36.1 Å². The van der Waals surface area contributed by atoms with E-state index in [-0.39, 0.29) is 35.5 Å². The molecule has 3 rings (SSSR count). The number of ether oxygens (including phenoxy) is 1. The van der Waals surface area contributed by atoms with Crippen molar-refractivity contribution < 1.29 is 14.1 Å². The lowest BCUT2D eigenvalue weighted by atomic mass is 9.95. The van der Waals surface area contributed by atoms with Crippen LogP contribution < -0.4 is 10.5 Å². The Morgan fingerprint density at radius 1 is 1.38 bits per heavy atom. The molecule has 2 aromatic rings. The molecule has 0 saturated carbocycles. The van der Waals surface area contributed by atoms with Crippen molar-refractivity contribution in [2.45, 2.75) is 31.7 Å². The molecule has 0 spiro atoms. The average molecular weight is 400 g/mol. The molecule has 8 heteroatoms. The molecule has 0 aliphatic carbocycles. The van der Waals surface area contributed by atoms with Crippen LogP contribution in [0.25, 0.3) is 0 Å². The number of methoxy groups -OCH3 is 1. The van der Waals surface area contributed by atoms with Gasteiger partial charge in [-0.15, -0.1) is 12.4 Å². The van der Waals surface area contributed by atoms with Crippen molar-refractivity contribution in [3.8, 4) is 5.75 Å². The third kappa shape index (κ3) is 4.31. The van der Waals surface area contributed by atoms with E-state index in [9.17, 15) is 4.79 Å². The molecule has 26 heavy (non-hydrogen) atoms. The van der Waals surface area contributed by atoms with Gasteiger partial charge in [0.05, 0.1) is 12.8 Å². The number of aromatic nitrogens is 1. The van der Waals surface area contributed by atoms with Crippen molar-refractivity contribution in [3.63, 3.8) is 0 Å². The van der Waals surface area contributed by atoms with Gasteiger partial charge in [0.15, 0.2) is 0 Å². The first kappa shape index (κ1) is 20.6. The van der Waals surface area contributed by atoms with Crippen molar-refractivity contribution in [1.29, 1.82) is 0 Å². The van der Waals surface area contributed by atoms with Gasteiger partial charge in [0, 0.05) is 37.0 Å². The number of nitrogens with two attached hydrogens (primary N) is 1. The number of aryl methyl sites for hydroxylation is 1. The van der Waals surface area contributed by atoms with Gasteiger partial charge < -0.3 is 19.9 Å². The highest BCUT2D eigenvalue weighted by Gasteiger charge is 2.33. The number of nitrogens with zero attached hydrogens (tertiary/aromatic N) is 2. The Morgan fingerprint density at radius 2 is 2.08 bits per heavy atom. The first-order valence-corrected chi connectivity index (χ1v) is 8.65. The van der Waals surface area contributed by atoms with Gasteiger partial charge in [-0.1, -0.05) is 17.3 Å². The topological polar surface area (TPSA) is 81.6 Å². The summed E-state index contributed by atoms with van der Waals surface area (Å²) in [5.74, 6) is 1.02. The predicted octanol–water partition coefficient (Wildman–Crippen LogP) is 2.95. The van der Waals surface area contributed by atoms with Gasteiger partial charge in [-0.2, -0.15) is 0 Å². The van der Waals surface area contributed by atoms with Crippen molar-refractivity contribution in [2.24, 2.45) is 5.73 Å². The first-order valence-electron chi connectivity index (χ1n) is 8.27. The third-order valence-corrected chi connectivity index (χ3v) is 5.08. The summed E-state index contributed by atoms with van der Waals surface area (Å²) >= 11 is 5.95. The molecule has 2 heterocycles. The van der Waals surface area contributed by atoms with Crippen LogP contribution in [0, 0.1) is 6.92 Å². The Balaban J connectivity index is 0.00000243. The normalized spacial score (nSPS) is 19.3. The lowest BCUT2D eigenvalue weighted by molar-refractivity contribution is -0.130. The molecule has 0 unspecified atom stereocenters. The third-order valence-electron chi connectivity index (χ3n) is 4.79. The Morgan fingerprint density at radius 3 is 2.65 bits per heavy atom. The van der Waals surface area contributed by atoms with E-state index in [0.717, 1.165) is 22.6 Å². The second kappa shape index (κ2) is 8.75. The molecule has 2 N–H and O–H groups in total. The quantitative estimate of drug-likeness (QED) is 0.835. The predicted molar refractivity (Wildman–Crippen MR) is 102 cm³/mol. The number of likely N-dealkylation sites (tertiary alicyclic amines) is 1. The molecule has 1 amide bonds. The van der Waals surface area contributed by atoms with Crippen molar-refractivity contribution in [2.75, 3.05) is 20.2 Å². The van der Waals surface area contributed by atoms with Gasteiger partial charge in [-0.3, -0.25) is 4.79 Å². The summed E-state index contributed by atoms with van der Waals surface area (Å²) in [6, 6.07) is 7.79. The summed E-state index contributed by atoms with van der Waals surface area (Å²) < 4.78 is 10.1. The molecule has 1 aromatic carbocycles. The lowest BCUT2D eigenvalue weighted by Gasteiger charge is -2.16. The summed E-state index contributed by atoms with van der Waals surface area (Å²) in [4.78, 5) is 14.4. The van der Waals surface area contributed by atoms with Gasteiger partial charge in [0.2, 0.25) is 11.1 Å². The Hall–Kier alpha value is -1.76. The number of carbonyl (C=O) groups is 1. The summed E-state index contributed by atoms with van der Waals surface area (Å²) in [6.07, 6.45) is 0.885. The van der Waals surface area contributed by atoms with E-state index in [1.54, 1.807) is 7.11 Å². The zero-order valence-electron chi connectivity index (χ0n) is 14.8. The summed E-state index contributed by atoms with van der Waals surface area (Å²) in [5.41, 5.74) is 8.93. The van der Waals surface area contributed by atoms with Crippen LogP contribution in [0.5, 0.6) is 5.75 Å². The zero-order valence-corrected chi connectivity index (χ0v) is 16.3. The molecule has 1 saturated heterocycles. The highest BCUT2D eigenvalue weighted by Crippen LogP contribution is 2.29. The fourth-order valence-corrected chi connectivity index (χ4v) is 3.53. The van der Waals surface area contributed by atoms with Crippen LogP contribution in [0.4, 0.5) is 0 Å². The molecule has 2 atom stereocenters. The van der Waals surface area contributed by atoms with Crippen LogP contribution in [-0.4, -0.2) is 42.2 Å². The van der Waals surface area contributed by atoms with Gasteiger partial charge >= 0.3 is 0 Å². The van der Waals surface area contributed by atoms with E-state index in [2.05, 4.69) is 5.16 Å². The minimum atomic E-state index is -0.0711. The number of halogens is 2. The van der Waals surface area contributed by atoms with Gasteiger partial charge in [-0.25, -0.2) is 0 Å². The Bertz CT molecular complexity index is 729. The average Bonchev–Trinajstić information content (AvgIpc) is 3.16. The van der Waals surface area contributed by atoms with Crippen LogP contribution >= 0.6 is 24.0 Å². The van der Waals surface area contributed by atoms with E-state index in [1.165, 1.54) is 0 Å². The number of benzene rings is 1. The lowest BCUT2D eigenvalue weighted by Crippen LogP contribution is -2.32. The number of rotatable bonds is 5. The monoisotopic (exact) mass is 399 g/mol. The number of amides is 1. The Kier molecular flexibility index (Phi) is 6.92. The summed E-state index contributed by atoms with van der Waals surface area (Å²) in [7, 11) is 1.64. The zero-order chi connectivity index (χ0) is 18.0. The summed E-state index contributed by atoms with van der Waals surface area (Å²) in [6.45, 7) is 3.01. The van der Waals surface area contributed by atoms with Crippen molar-refractivity contribution in [1.82, 2.24) is 10.1 Å². The maximum atomic E-state index is 12.5. The second-order valence-electron chi connectivity index (χ2n) is 6.36. The van der Waals surface area contributed by atoms with Crippen LogP contribution in [0.2, 0.25) is 5.22 Å². The highest BCUT2D eigenvalue weighted by molar-refractivity contribution is 6.29. The SMILES string of the molecule is COc1ccc([C@@H]2CN(C(=O)CCc3c(C)noc3Cl)C[C@H]2N)cc1.Cl. The fourth-order valence-electron chi connectivity index (χ4n) is 3.27. The maximum absolute atomic E-state index is 12.5. The van der Waals surface area contributed by atoms with Gasteiger partial charge in [0.25, 0.3) is 0 Å². The molecular weight excluding hydrogens is 377 g/mol. The molecule has 1 aromatic heterocycles. The fraction of sp³-hybridized carbons (Fsp3) is 0.444. The van der Waals surface area contributed by atoms with E-state index >= 15 is 0 Å². The minimum Gasteiger partial charge on any atom is -0.497 e. The summed E-state index contributed by atoms with van der Waals surface area (Å²) in [5, 5.41) is 4.07. The molecule has 1 aliphatic rings. The largest absolute Gasteiger partial charge is 0.497 e. The number of hydrogen-bond donors (Lipinski definition) is 1. The number of hydrogen-bond acceptors (Lipinski definition) is 5. The van der Waals surface area contributed by atoms with Crippen LogP contribution in [0.15, 0.2) is 28.8 Å². The molecule has 1 fully saturated rings. The minimum absolute atomic E-state index is 0. The van der Waals surface area contributed by atoms with Crippen LogP contribution in [0.1, 0.15) is 29.2 Å². The molecular formula is C18H23Cl2N3O3. The van der Waals surface area contributed by atoms with E-state index < -0.39 is 0 Å². The number of carbonyl (C=O) groups excluding carboxylic acids is 1. The second-order valence-corrected chi connectivity index (χ2v) is 6.71. The van der Waals surface area contributed by atoms with Gasteiger partial charge in [-0.05, 0) is 42.6 Å². The van der Waals surface area contributed by atoms with Crippen LogP contribution in [-0.2, 0) is 11.2 Å². The van der Waals surface area contributed by atoms with Crippen molar-refractivity contribution >= 4 is 29.9 Å². The van der Waals surface area contributed by atoms with Crippen LogP contribution in [0.3, 0.4) is 0 Å². The maximum Gasteiger partial charge on any atom is 0.229 e. The van der Waals surface area contributed by atoms with Gasteiger partial charge in [0.1, 0.15) is 5.75 Å². The Labute approximate surface area is 164 Å². The molecule has 142 valence electrons. The highest BCUT2D eigenvalue weighted by atomic mass is 35.5. The van der Waals surface area contributed by atoms with E-state index in [0.29, 0.717) is 25.9 Å². The molecule has 0 radical (unpaired) electrons.